The van der Waals surface area contributed by atoms with Crippen molar-refractivity contribution in [1.29, 1.82) is 5.26 Å². The molecule has 0 fully saturated rings. The summed E-state index contributed by atoms with van der Waals surface area (Å²) in [5, 5.41) is 8.92. The average molecular weight is 306 g/mol. The summed E-state index contributed by atoms with van der Waals surface area (Å²) in [7, 11) is 0. The highest BCUT2D eigenvalue weighted by Crippen LogP contribution is 2.22. The van der Waals surface area contributed by atoms with Gasteiger partial charge in [0.25, 0.3) is 0 Å². The smallest absolute Gasteiger partial charge is 0.141 e. The molecule has 0 aromatic heterocycles. The Morgan fingerprint density at radius 3 is 2.72 bits per heavy atom. The van der Waals surface area contributed by atoms with Crippen molar-refractivity contribution in [3.05, 3.63) is 63.9 Å². The molecule has 0 atom stereocenters. The first-order valence-electron chi connectivity index (χ1n) is 5.26. The van der Waals surface area contributed by atoms with Crippen molar-refractivity contribution in [2.75, 3.05) is 0 Å². The molecule has 0 radical (unpaired) electrons. The van der Waals surface area contributed by atoms with Crippen LogP contribution in [-0.2, 0) is 6.61 Å². The third-order valence-electron chi connectivity index (χ3n) is 2.42. The van der Waals surface area contributed by atoms with Crippen LogP contribution in [0.1, 0.15) is 11.1 Å². The summed E-state index contributed by atoms with van der Waals surface area (Å²) in [5.74, 6) is 0.0597. The molecule has 0 bridgehead atoms. The molecule has 0 unspecified atom stereocenters. The Bertz CT molecular complexity index is 607. The molecule has 0 saturated carbocycles. The van der Waals surface area contributed by atoms with Crippen molar-refractivity contribution in [2.45, 2.75) is 6.61 Å². The molecule has 0 aliphatic heterocycles. The van der Waals surface area contributed by atoms with Crippen LogP contribution in [-0.4, -0.2) is 0 Å². The second kappa shape index (κ2) is 5.65. The zero-order valence-electron chi connectivity index (χ0n) is 9.36. The monoisotopic (exact) mass is 305 g/mol. The first kappa shape index (κ1) is 12.6. The lowest BCUT2D eigenvalue weighted by molar-refractivity contribution is 0.304. The summed E-state index contributed by atoms with van der Waals surface area (Å²) in [4.78, 5) is 0. The van der Waals surface area contributed by atoms with E-state index in [2.05, 4.69) is 22.0 Å². The van der Waals surface area contributed by atoms with E-state index in [9.17, 15) is 4.39 Å². The summed E-state index contributed by atoms with van der Waals surface area (Å²) in [6.07, 6.45) is 0. The molecule has 2 aromatic rings. The molecular weight excluding hydrogens is 297 g/mol. The summed E-state index contributed by atoms with van der Waals surface area (Å²) >= 11 is 3.07. The minimum Gasteiger partial charge on any atom is -0.489 e. The Morgan fingerprint density at radius 1 is 1.22 bits per heavy atom. The van der Waals surface area contributed by atoms with Gasteiger partial charge in [0.15, 0.2) is 0 Å². The average Bonchev–Trinajstić information content (AvgIpc) is 2.40. The predicted octanol–water partition coefficient (Wildman–Crippen LogP) is 4.04. The standard InChI is InChI=1S/C14H9BrFNO/c15-13-6-5-12(7-14(13)16)18-9-11-4-2-1-3-10(11)8-17/h1-7H,9H2. The van der Waals surface area contributed by atoms with Gasteiger partial charge in [0.05, 0.1) is 16.1 Å². The van der Waals surface area contributed by atoms with Crippen molar-refractivity contribution in [3.63, 3.8) is 0 Å². The molecule has 90 valence electrons. The number of halogens is 2. The maximum atomic E-state index is 13.3. The lowest BCUT2D eigenvalue weighted by Crippen LogP contribution is -1.98. The highest BCUT2D eigenvalue weighted by molar-refractivity contribution is 9.10. The van der Waals surface area contributed by atoms with Crippen LogP contribution in [0.4, 0.5) is 4.39 Å². The van der Waals surface area contributed by atoms with Gasteiger partial charge in [-0.2, -0.15) is 5.26 Å². The largest absolute Gasteiger partial charge is 0.489 e. The molecule has 4 heteroatoms. The Hall–Kier alpha value is -1.86. The van der Waals surface area contributed by atoms with Gasteiger partial charge in [-0.25, -0.2) is 4.39 Å². The van der Waals surface area contributed by atoms with Crippen LogP contribution >= 0.6 is 15.9 Å². The molecule has 2 rings (SSSR count). The van der Waals surface area contributed by atoms with Gasteiger partial charge >= 0.3 is 0 Å². The highest BCUT2D eigenvalue weighted by atomic mass is 79.9. The number of nitrogens with zero attached hydrogens (tertiary/aromatic N) is 1. The van der Waals surface area contributed by atoms with E-state index in [0.29, 0.717) is 15.8 Å². The number of nitriles is 1. The quantitative estimate of drug-likeness (QED) is 0.857. The van der Waals surface area contributed by atoms with Crippen LogP contribution in [0, 0.1) is 17.1 Å². The van der Waals surface area contributed by atoms with Crippen LogP contribution in [0.25, 0.3) is 0 Å². The summed E-state index contributed by atoms with van der Waals surface area (Å²) in [6, 6.07) is 13.8. The fourth-order valence-electron chi connectivity index (χ4n) is 1.48. The third kappa shape index (κ3) is 2.88. The van der Waals surface area contributed by atoms with E-state index in [1.807, 2.05) is 12.1 Å². The van der Waals surface area contributed by atoms with E-state index < -0.39 is 0 Å². The van der Waals surface area contributed by atoms with E-state index in [1.54, 1.807) is 24.3 Å². The van der Waals surface area contributed by atoms with Crippen molar-refractivity contribution < 1.29 is 9.13 Å². The van der Waals surface area contributed by atoms with Crippen molar-refractivity contribution in [2.24, 2.45) is 0 Å². The maximum absolute atomic E-state index is 13.3. The fourth-order valence-corrected chi connectivity index (χ4v) is 1.73. The topological polar surface area (TPSA) is 33.0 Å². The molecular formula is C14H9BrFNO. The lowest BCUT2D eigenvalue weighted by Gasteiger charge is -2.08. The first-order valence-corrected chi connectivity index (χ1v) is 6.06. The summed E-state index contributed by atoms with van der Waals surface area (Å²) < 4.78 is 19.1. The molecule has 0 amide bonds. The van der Waals surface area contributed by atoms with Crippen LogP contribution < -0.4 is 4.74 Å². The molecule has 0 heterocycles. The van der Waals surface area contributed by atoms with Crippen molar-refractivity contribution in [1.82, 2.24) is 0 Å². The number of rotatable bonds is 3. The molecule has 2 nitrogen and oxygen atoms in total. The van der Waals surface area contributed by atoms with Gasteiger partial charge in [0.2, 0.25) is 0 Å². The van der Waals surface area contributed by atoms with E-state index in [-0.39, 0.29) is 12.4 Å². The number of benzene rings is 2. The van der Waals surface area contributed by atoms with Crippen LogP contribution in [0.2, 0.25) is 0 Å². The third-order valence-corrected chi connectivity index (χ3v) is 3.07. The molecule has 0 aliphatic rings. The highest BCUT2D eigenvalue weighted by Gasteiger charge is 2.04. The van der Waals surface area contributed by atoms with Crippen LogP contribution in [0.5, 0.6) is 5.75 Å². The normalized spacial score (nSPS) is 9.83. The van der Waals surface area contributed by atoms with Crippen molar-refractivity contribution >= 4 is 15.9 Å². The van der Waals surface area contributed by atoms with Gasteiger partial charge in [-0.15, -0.1) is 0 Å². The van der Waals surface area contributed by atoms with Gasteiger partial charge in [0.1, 0.15) is 18.2 Å². The van der Waals surface area contributed by atoms with Gasteiger partial charge in [-0.1, -0.05) is 18.2 Å². The molecule has 2 aromatic carbocycles. The molecule has 18 heavy (non-hydrogen) atoms. The minimum absolute atomic E-state index is 0.241. The van der Waals surface area contributed by atoms with E-state index in [0.717, 1.165) is 5.56 Å². The minimum atomic E-state index is -0.374. The molecule has 0 N–H and O–H groups in total. The maximum Gasteiger partial charge on any atom is 0.141 e. The zero-order chi connectivity index (χ0) is 13.0. The number of hydrogen-bond acceptors (Lipinski definition) is 2. The number of hydrogen-bond donors (Lipinski definition) is 0. The molecule has 0 aliphatic carbocycles. The van der Waals surface area contributed by atoms with Crippen LogP contribution in [0.3, 0.4) is 0 Å². The van der Waals surface area contributed by atoms with E-state index in [1.165, 1.54) is 6.07 Å². The SMILES string of the molecule is N#Cc1ccccc1COc1ccc(Br)c(F)c1. The lowest BCUT2D eigenvalue weighted by atomic mass is 10.1. The van der Waals surface area contributed by atoms with Crippen molar-refractivity contribution in [3.8, 4) is 11.8 Å². The van der Waals surface area contributed by atoms with Crippen LogP contribution in [0.15, 0.2) is 46.9 Å². The zero-order valence-corrected chi connectivity index (χ0v) is 10.9. The Morgan fingerprint density at radius 2 is 2.00 bits per heavy atom. The molecule has 0 spiro atoms. The second-order valence-corrected chi connectivity index (χ2v) is 4.49. The Labute approximate surface area is 113 Å². The Balaban J connectivity index is 2.12. The predicted molar refractivity (Wildman–Crippen MR) is 69.6 cm³/mol. The Kier molecular flexibility index (Phi) is 3.96. The summed E-state index contributed by atoms with van der Waals surface area (Å²) in [6.45, 7) is 0.241. The van der Waals surface area contributed by atoms with Gasteiger partial charge in [-0.3, -0.25) is 0 Å². The summed E-state index contributed by atoms with van der Waals surface area (Å²) in [5.41, 5.74) is 1.35. The first-order chi connectivity index (χ1) is 8.70. The van der Waals surface area contributed by atoms with Gasteiger partial charge in [0, 0.05) is 11.6 Å². The number of ether oxygens (including phenoxy) is 1. The van der Waals surface area contributed by atoms with Gasteiger partial charge in [-0.05, 0) is 34.1 Å². The van der Waals surface area contributed by atoms with Gasteiger partial charge < -0.3 is 4.74 Å². The van der Waals surface area contributed by atoms with E-state index >= 15 is 0 Å². The fraction of sp³-hybridized carbons (Fsp3) is 0.0714. The second-order valence-electron chi connectivity index (χ2n) is 3.63. The molecule has 0 saturated heterocycles. The van der Waals surface area contributed by atoms with E-state index in [4.69, 9.17) is 10.00 Å².